The van der Waals surface area contributed by atoms with Crippen molar-refractivity contribution in [1.29, 1.82) is 0 Å². The van der Waals surface area contributed by atoms with E-state index in [0.717, 1.165) is 33.5 Å². The van der Waals surface area contributed by atoms with Gasteiger partial charge in [0.25, 0.3) is 0 Å². The lowest BCUT2D eigenvalue weighted by Crippen LogP contribution is -2.04. The average Bonchev–Trinajstić information content (AvgIpc) is 3.15. The van der Waals surface area contributed by atoms with Crippen LogP contribution in [0.1, 0.15) is 0 Å². The highest BCUT2D eigenvalue weighted by Gasteiger charge is 2.13. The predicted molar refractivity (Wildman–Crippen MR) is 93.7 cm³/mol. The maximum atomic E-state index is 11.6. The zero-order valence-electron chi connectivity index (χ0n) is 13.1. The number of ether oxygens (including phenoxy) is 1. The fourth-order valence-electron chi connectivity index (χ4n) is 2.89. The standard InChI is InChI=1S/C19H15N3O2/c1-24-18-5-3-2-4-14(18)15-10-13-6-7-19(23)21-16(13)11-17(15)22-9-8-20-12-22/h2-12H,1H3,(H,21,23). The van der Waals surface area contributed by atoms with Gasteiger partial charge in [0.15, 0.2) is 0 Å². The van der Waals surface area contributed by atoms with E-state index in [2.05, 4.69) is 16.0 Å². The quantitative estimate of drug-likeness (QED) is 0.630. The van der Waals surface area contributed by atoms with Gasteiger partial charge in [-0.1, -0.05) is 18.2 Å². The molecule has 0 bridgehead atoms. The van der Waals surface area contributed by atoms with E-state index in [-0.39, 0.29) is 5.56 Å². The van der Waals surface area contributed by atoms with Crippen molar-refractivity contribution in [3.63, 3.8) is 0 Å². The minimum atomic E-state index is -0.121. The topological polar surface area (TPSA) is 59.9 Å². The number of benzene rings is 2. The number of fused-ring (bicyclic) bond motifs is 1. The highest BCUT2D eigenvalue weighted by Crippen LogP contribution is 2.36. The summed E-state index contributed by atoms with van der Waals surface area (Å²) in [5.74, 6) is 0.794. The van der Waals surface area contributed by atoms with Gasteiger partial charge in [0, 0.05) is 29.6 Å². The molecule has 24 heavy (non-hydrogen) atoms. The number of nitrogens with zero attached hydrogens (tertiary/aromatic N) is 2. The second-order valence-electron chi connectivity index (χ2n) is 5.45. The minimum Gasteiger partial charge on any atom is -0.496 e. The van der Waals surface area contributed by atoms with Crippen molar-refractivity contribution in [2.24, 2.45) is 0 Å². The van der Waals surface area contributed by atoms with Gasteiger partial charge < -0.3 is 14.3 Å². The Kier molecular flexibility index (Phi) is 3.39. The largest absolute Gasteiger partial charge is 0.496 e. The van der Waals surface area contributed by atoms with Crippen LogP contribution in [0, 0.1) is 0 Å². The van der Waals surface area contributed by atoms with Crippen molar-refractivity contribution >= 4 is 10.9 Å². The van der Waals surface area contributed by atoms with Gasteiger partial charge in [-0.3, -0.25) is 4.79 Å². The third-order valence-corrected chi connectivity index (χ3v) is 4.02. The van der Waals surface area contributed by atoms with Crippen molar-refractivity contribution in [2.75, 3.05) is 7.11 Å². The molecule has 0 radical (unpaired) electrons. The fourth-order valence-corrected chi connectivity index (χ4v) is 2.89. The summed E-state index contributed by atoms with van der Waals surface area (Å²) in [6.45, 7) is 0. The number of nitrogens with one attached hydrogen (secondary N) is 1. The summed E-state index contributed by atoms with van der Waals surface area (Å²) >= 11 is 0. The summed E-state index contributed by atoms with van der Waals surface area (Å²) in [6.07, 6.45) is 5.34. The lowest BCUT2D eigenvalue weighted by Gasteiger charge is -2.15. The Morgan fingerprint density at radius 2 is 1.96 bits per heavy atom. The molecule has 0 atom stereocenters. The number of methoxy groups -OCH3 is 1. The van der Waals surface area contributed by atoms with Crippen LogP contribution in [0.5, 0.6) is 5.75 Å². The number of H-pyrrole nitrogens is 1. The number of imidazole rings is 1. The van der Waals surface area contributed by atoms with E-state index in [9.17, 15) is 4.79 Å². The third kappa shape index (κ3) is 2.36. The number of aromatic amines is 1. The van der Waals surface area contributed by atoms with Gasteiger partial charge in [-0.15, -0.1) is 0 Å². The zero-order valence-corrected chi connectivity index (χ0v) is 13.1. The summed E-state index contributed by atoms with van der Waals surface area (Å²) in [5.41, 5.74) is 3.57. The molecule has 1 N–H and O–H groups in total. The first-order chi connectivity index (χ1) is 11.8. The molecule has 4 aromatic rings. The summed E-state index contributed by atoms with van der Waals surface area (Å²) in [6, 6.07) is 15.2. The van der Waals surface area contributed by atoms with Gasteiger partial charge in [0.2, 0.25) is 5.56 Å². The Balaban J connectivity index is 2.07. The molecule has 0 fully saturated rings. The van der Waals surface area contributed by atoms with Crippen molar-refractivity contribution < 1.29 is 4.74 Å². The molecule has 2 aromatic carbocycles. The van der Waals surface area contributed by atoms with E-state index in [4.69, 9.17) is 4.74 Å². The van der Waals surface area contributed by atoms with Crippen molar-refractivity contribution in [1.82, 2.24) is 14.5 Å². The second kappa shape index (κ2) is 5.70. The fraction of sp³-hybridized carbons (Fsp3) is 0.0526. The van der Waals surface area contributed by atoms with Crippen LogP contribution in [-0.4, -0.2) is 21.6 Å². The molecule has 0 saturated carbocycles. The van der Waals surface area contributed by atoms with Crippen molar-refractivity contribution in [3.8, 4) is 22.6 Å². The van der Waals surface area contributed by atoms with Gasteiger partial charge in [-0.05, 0) is 29.7 Å². The van der Waals surface area contributed by atoms with E-state index in [0.29, 0.717) is 0 Å². The lowest BCUT2D eigenvalue weighted by atomic mass is 10.00. The molecule has 4 rings (SSSR count). The number of pyridine rings is 1. The minimum absolute atomic E-state index is 0.121. The molecule has 2 aromatic heterocycles. The molecule has 0 spiro atoms. The third-order valence-electron chi connectivity index (χ3n) is 4.02. The monoisotopic (exact) mass is 317 g/mol. The summed E-state index contributed by atoms with van der Waals surface area (Å²) < 4.78 is 7.44. The average molecular weight is 317 g/mol. The van der Waals surface area contributed by atoms with Crippen LogP contribution in [0.25, 0.3) is 27.7 Å². The smallest absolute Gasteiger partial charge is 0.248 e. The highest BCUT2D eigenvalue weighted by atomic mass is 16.5. The van der Waals surface area contributed by atoms with Crippen molar-refractivity contribution in [2.45, 2.75) is 0 Å². The molecule has 0 saturated heterocycles. The number of rotatable bonds is 3. The van der Waals surface area contributed by atoms with Gasteiger partial charge in [0.1, 0.15) is 5.75 Å². The van der Waals surface area contributed by atoms with Crippen LogP contribution in [-0.2, 0) is 0 Å². The summed E-state index contributed by atoms with van der Waals surface area (Å²) in [7, 11) is 1.66. The number of aromatic nitrogens is 3. The SMILES string of the molecule is COc1ccccc1-c1cc2ccc(=O)[nH]c2cc1-n1ccnc1. The van der Waals surface area contributed by atoms with Crippen LogP contribution in [0.3, 0.4) is 0 Å². The maximum Gasteiger partial charge on any atom is 0.248 e. The van der Waals surface area contributed by atoms with Crippen LogP contribution >= 0.6 is 0 Å². The Labute approximate surface area is 138 Å². The predicted octanol–water partition coefficient (Wildman–Crippen LogP) is 3.39. The first-order valence-electron chi connectivity index (χ1n) is 7.55. The lowest BCUT2D eigenvalue weighted by molar-refractivity contribution is 0.416. The molecule has 5 heteroatoms. The van der Waals surface area contributed by atoms with E-state index in [1.165, 1.54) is 6.07 Å². The molecule has 5 nitrogen and oxygen atoms in total. The normalized spacial score (nSPS) is 10.9. The highest BCUT2D eigenvalue weighted by molar-refractivity contribution is 5.91. The van der Waals surface area contributed by atoms with Crippen LogP contribution in [0.15, 0.2) is 72.0 Å². The zero-order chi connectivity index (χ0) is 16.5. The van der Waals surface area contributed by atoms with E-state index in [1.54, 1.807) is 19.6 Å². The van der Waals surface area contributed by atoms with Crippen LogP contribution < -0.4 is 10.3 Å². The summed E-state index contributed by atoms with van der Waals surface area (Å²) in [4.78, 5) is 18.7. The molecular weight excluding hydrogens is 302 g/mol. The van der Waals surface area contributed by atoms with E-state index in [1.807, 2.05) is 47.2 Å². The molecule has 2 heterocycles. The molecule has 0 aliphatic carbocycles. The first kappa shape index (κ1) is 14.3. The van der Waals surface area contributed by atoms with E-state index < -0.39 is 0 Å². The van der Waals surface area contributed by atoms with Gasteiger partial charge in [0.05, 0.1) is 24.6 Å². The molecule has 0 aliphatic heterocycles. The van der Waals surface area contributed by atoms with E-state index >= 15 is 0 Å². The first-order valence-corrected chi connectivity index (χ1v) is 7.55. The Morgan fingerprint density at radius 3 is 2.75 bits per heavy atom. The van der Waals surface area contributed by atoms with Crippen LogP contribution in [0.4, 0.5) is 0 Å². The van der Waals surface area contributed by atoms with Crippen LogP contribution in [0.2, 0.25) is 0 Å². The van der Waals surface area contributed by atoms with Gasteiger partial charge in [-0.2, -0.15) is 0 Å². The molecule has 0 amide bonds. The Bertz CT molecular complexity index is 1070. The Hall–Kier alpha value is -3.34. The van der Waals surface area contributed by atoms with Gasteiger partial charge >= 0.3 is 0 Å². The molecular formula is C19H15N3O2. The number of hydrogen-bond donors (Lipinski definition) is 1. The van der Waals surface area contributed by atoms with Crippen molar-refractivity contribution in [3.05, 3.63) is 77.6 Å². The maximum absolute atomic E-state index is 11.6. The molecule has 0 aliphatic rings. The Morgan fingerprint density at radius 1 is 1.08 bits per heavy atom. The molecule has 0 unspecified atom stereocenters. The van der Waals surface area contributed by atoms with Gasteiger partial charge in [-0.25, -0.2) is 4.98 Å². The molecule has 118 valence electrons. The number of hydrogen-bond acceptors (Lipinski definition) is 3. The number of para-hydroxylation sites is 1. The summed E-state index contributed by atoms with van der Waals surface area (Å²) in [5, 5.41) is 0.958. The second-order valence-corrected chi connectivity index (χ2v) is 5.45.